The summed E-state index contributed by atoms with van der Waals surface area (Å²) < 4.78 is 66.0. The van der Waals surface area contributed by atoms with Crippen LogP contribution in [0.4, 0.5) is 27.5 Å². The fraction of sp³-hybridized carbons (Fsp3) is 0.340. The van der Waals surface area contributed by atoms with Gasteiger partial charge in [0.15, 0.2) is 11.4 Å². The van der Waals surface area contributed by atoms with Crippen LogP contribution in [0.5, 0.6) is 5.75 Å². The predicted octanol–water partition coefficient (Wildman–Crippen LogP) is 9.64. The van der Waals surface area contributed by atoms with Gasteiger partial charge in [-0.25, -0.2) is 26.6 Å². The molecule has 19 heteroatoms. The maximum Gasteiger partial charge on any atom is 0.415 e. The number of carbonyl (C=O) groups excluding carboxylic acids is 3. The van der Waals surface area contributed by atoms with Gasteiger partial charge >= 0.3 is 6.09 Å². The third-order valence-corrected chi connectivity index (χ3v) is 12.5. The molecule has 0 aliphatic rings. The number of hydrogen-bond acceptors (Lipinski definition) is 12. The number of phenolic OH excluding ortho intramolecular Hbond substituents is 1. The quantitative estimate of drug-likeness (QED) is 0.0462. The van der Waals surface area contributed by atoms with Gasteiger partial charge in [-0.3, -0.25) is 23.9 Å². The first-order chi connectivity index (χ1) is 30.4. The van der Waals surface area contributed by atoms with Crippen LogP contribution in [-0.2, 0) is 39.8 Å². The van der Waals surface area contributed by atoms with E-state index in [0.29, 0.717) is 27.9 Å². The van der Waals surface area contributed by atoms with Crippen LogP contribution in [0.3, 0.4) is 0 Å². The second-order valence-corrected chi connectivity index (χ2v) is 22.7. The SMILES string of the molecule is Cc1cc(N(C)C(=O)OC(C(=O)Nc2cc(NS(=O)(=O)c3ccc(O)c(NS(C)(=O)=O)c3)ccc2Cl)C(=O)C(C)(C)C)ccc1/C=C(\C#N)c1nc2cc(C(C)(C)CC(C)(C)C)ccc2o1. The smallest absolute Gasteiger partial charge is 0.415 e. The number of aryl methyl sites for hydroxylation is 1. The third-order valence-electron chi connectivity index (χ3n) is 10.2. The van der Waals surface area contributed by atoms with Gasteiger partial charge in [0.1, 0.15) is 22.9 Å². The van der Waals surface area contributed by atoms with E-state index in [1.54, 1.807) is 31.2 Å². The molecule has 1 aromatic heterocycles. The van der Waals surface area contributed by atoms with Crippen LogP contribution < -0.4 is 19.7 Å². The van der Waals surface area contributed by atoms with Crippen LogP contribution >= 0.6 is 11.6 Å². The van der Waals surface area contributed by atoms with Gasteiger partial charge in [-0.2, -0.15) is 5.26 Å². The summed E-state index contributed by atoms with van der Waals surface area (Å²) in [5.74, 6) is -2.21. The number of rotatable bonds is 14. The van der Waals surface area contributed by atoms with Gasteiger partial charge in [-0.05, 0) is 108 Å². The third kappa shape index (κ3) is 12.5. The predicted molar refractivity (Wildman–Crippen MR) is 256 cm³/mol. The highest BCUT2D eigenvalue weighted by Crippen LogP contribution is 2.38. The molecule has 0 spiro atoms. The maximum atomic E-state index is 13.8. The van der Waals surface area contributed by atoms with Crippen molar-refractivity contribution in [2.75, 3.05) is 33.0 Å². The maximum absolute atomic E-state index is 13.8. The number of fused-ring (bicyclic) bond motifs is 1. The Morgan fingerprint density at radius 3 is 2.21 bits per heavy atom. The number of aromatic nitrogens is 1. The number of phenols is 1. The van der Waals surface area contributed by atoms with E-state index in [1.807, 2.05) is 22.9 Å². The number of amides is 2. The molecule has 66 heavy (non-hydrogen) atoms. The van der Waals surface area contributed by atoms with Crippen LogP contribution in [0.2, 0.25) is 5.02 Å². The summed E-state index contributed by atoms with van der Waals surface area (Å²) >= 11 is 6.38. The Morgan fingerprint density at radius 1 is 0.924 bits per heavy atom. The summed E-state index contributed by atoms with van der Waals surface area (Å²) in [7, 11) is -6.90. The van der Waals surface area contributed by atoms with E-state index in [0.717, 1.165) is 47.4 Å². The summed E-state index contributed by atoms with van der Waals surface area (Å²) in [6, 6.07) is 19.6. The Bertz CT molecular complexity index is 3030. The zero-order chi connectivity index (χ0) is 49.3. The average molecular weight is 962 g/mol. The highest BCUT2D eigenvalue weighted by molar-refractivity contribution is 7.93. The second kappa shape index (κ2) is 18.8. The Hall–Kier alpha value is -6.42. The topological polar surface area (TPSA) is 238 Å². The first-order valence-electron chi connectivity index (χ1n) is 20.4. The highest BCUT2D eigenvalue weighted by atomic mass is 35.5. The monoisotopic (exact) mass is 960 g/mol. The zero-order valence-corrected chi connectivity index (χ0v) is 40.8. The lowest BCUT2D eigenvalue weighted by molar-refractivity contribution is -0.142. The molecule has 0 aliphatic heterocycles. The number of Topliss-reactive ketones (excluding diaryl/α,β-unsaturated/α-hetero) is 1. The lowest BCUT2D eigenvalue weighted by Crippen LogP contribution is -2.46. The molecule has 350 valence electrons. The molecular weight excluding hydrogens is 908 g/mol. The molecule has 1 unspecified atom stereocenters. The molecule has 1 atom stereocenters. The number of ketones is 1. The average Bonchev–Trinajstić information content (AvgIpc) is 3.62. The first kappa shape index (κ1) is 50.6. The van der Waals surface area contributed by atoms with Gasteiger partial charge in [0.25, 0.3) is 15.9 Å². The number of hydrogen-bond donors (Lipinski definition) is 4. The minimum Gasteiger partial charge on any atom is -0.506 e. The van der Waals surface area contributed by atoms with Gasteiger partial charge in [0.2, 0.25) is 22.0 Å². The molecule has 1 heterocycles. The fourth-order valence-electron chi connectivity index (χ4n) is 7.18. The summed E-state index contributed by atoms with van der Waals surface area (Å²) in [6.07, 6.45) is 0.344. The minimum atomic E-state index is -4.41. The van der Waals surface area contributed by atoms with Gasteiger partial charge in [0, 0.05) is 18.2 Å². The van der Waals surface area contributed by atoms with E-state index in [4.69, 9.17) is 20.8 Å². The van der Waals surface area contributed by atoms with Crippen molar-refractivity contribution < 1.29 is 45.5 Å². The highest BCUT2D eigenvalue weighted by Gasteiger charge is 2.39. The van der Waals surface area contributed by atoms with Crippen molar-refractivity contribution in [2.45, 2.75) is 85.1 Å². The van der Waals surface area contributed by atoms with Crippen LogP contribution in [-0.4, -0.2) is 64.1 Å². The van der Waals surface area contributed by atoms with E-state index in [2.05, 4.69) is 55.7 Å². The first-order valence-corrected chi connectivity index (χ1v) is 24.2. The number of carbonyl (C=O) groups is 3. The molecule has 4 aromatic carbocycles. The normalized spacial score (nSPS) is 13.1. The Kier molecular flexibility index (Phi) is 14.4. The van der Waals surface area contributed by atoms with E-state index >= 15 is 0 Å². The van der Waals surface area contributed by atoms with E-state index in [9.17, 15) is 41.6 Å². The summed E-state index contributed by atoms with van der Waals surface area (Å²) in [5, 5.41) is 22.6. The Balaban J connectivity index is 1.34. The lowest BCUT2D eigenvalue weighted by atomic mass is 9.72. The van der Waals surface area contributed by atoms with Crippen molar-refractivity contribution >= 4 is 94.9 Å². The number of allylic oxidation sites excluding steroid dienone is 1. The molecular formula is C47H53ClN6O10S2. The van der Waals surface area contributed by atoms with Gasteiger partial charge < -0.3 is 19.6 Å². The molecule has 0 saturated carbocycles. The van der Waals surface area contributed by atoms with E-state index < -0.39 is 60.0 Å². The summed E-state index contributed by atoms with van der Waals surface area (Å²) in [5.41, 5.74) is 2.23. The van der Waals surface area contributed by atoms with Crippen molar-refractivity contribution in [3.05, 3.63) is 100 Å². The fourth-order valence-corrected chi connectivity index (χ4v) is 8.99. The number of anilines is 4. The molecule has 2 amide bonds. The number of aromatic hydroxyl groups is 1. The Labute approximate surface area is 390 Å². The lowest BCUT2D eigenvalue weighted by Gasteiger charge is -2.32. The van der Waals surface area contributed by atoms with Crippen LogP contribution in [0.1, 0.15) is 84.4 Å². The number of halogens is 1. The number of ether oxygens (including phenoxy) is 1. The zero-order valence-electron chi connectivity index (χ0n) is 38.4. The number of nitrogens with zero attached hydrogens (tertiary/aromatic N) is 3. The number of sulfonamides is 2. The molecule has 4 N–H and O–H groups in total. The molecule has 0 radical (unpaired) electrons. The molecule has 5 rings (SSSR count). The van der Waals surface area contributed by atoms with Crippen molar-refractivity contribution in [1.29, 1.82) is 5.26 Å². The Morgan fingerprint density at radius 2 is 1.61 bits per heavy atom. The van der Waals surface area contributed by atoms with Crippen molar-refractivity contribution in [2.24, 2.45) is 10.8 Å². The number of nitriles is 1. The molecule has 16 nitrogen and oxygen atoms in total. The minimum absolute atomic E-state index is 0.0639. The van der Waals surface area contributed by atoms with E-state index in [1.165, 1.54) is 40.0 Å². The molecule has 0 saturated heterocycles. The number of benzene rings is 4. The summed E-state index contributed by atoms with van der Waals surface area (Å²) in [6.45, 7) is 17.3. The standard InChI is InChI=1S/C47H53ClN6O10S2/c1-27-20-32(15-12-28(27)21-29(25-49)43-51-37-22-30(13-19-39(37)63-43)47(8,9)26-45(2,3)4)54(10)44(58)64-40(41(56)46(5,6)7)42(57)50-35-23-31(14-17-34(35)48)52-66(61,62)33-16-18-38(55)36(24-33)53-65(11,59)60/h12-24,40,52-53,55H,26H2,1-11H3,(H,50,57)/b29-21+. The summed E-state index contributed by atoms with van der Waals surface area (Å²) in [4.78, 5) is 46.5. The van der Waals surface area contributed by atoms with Crippen molar-refractivity contribution in [3.8, 4) is 11.8 Å². The van der Waals surface area contributed by atoms with Gasteiger partial charge in [-0.15, -0.1) is 0 Å². The van der Waals surface area contributed by atoms with Crippen molar-refractivity contribution in [3.63, 3.8) is 0 Å². The largest absolute Gasteiger partial charge is 0.506 e. The van der Waals surface area contributed by atoms with Crippen LogP contribution in [0.15, 0.2) is 82.1 Å². The molecule has 0 fully saturated rings. The van der Waals surface area contributed by atoms with Gasteiger partial charge in [-0.1, -0.05) is 79.1 Å². The second-order valence-electron chi connectivity index (χ2n) is 18.8. The number of nitrogens with one attached hydrogen (secondary N) is 3. The molecule has 0 bridgehead atoms. The molecule has 5 aromatic rings. The number of oxazole rings is 1. The van der Waals surface area contributed by atoms with Crippen molar-refractivity contribution in [1.82, 2.24) is 4.98 Å². The molecule has 0 aliphatic carbocycles. The van der Waals surface area contributed by atoms with Gasteiger partial charge in [0.05, 0.1) is 33.2 Å². The van der Waals surface area contributed by atoms with E-state index in [-0.39, 0.29) is 44.4 Å². The van der Waals surface area contributed by atoms with Crippen LogP contribution in [0.25, 0.3) is 22.7 Å². The van der Waals surface area contributed by atoms with Crippen LogP contribution in [0, 0.1) is 29.1 Å².